The van der Waals surface area contributed by atoms with Gasteiger partial charge in [0, 0.05) is 23.0 Å². The fraction of sp³-hybridized carbons (Fsp3) is 0.211. The van der Waals surface area contributed by atoms with E-state index < -0.39 is 0 Å². The molecule has 7 heteroatoms. The van der Waals surface area contributed by atoms with Crippen molar-refractivity contribution in [3.63, 3.8) is 0 Å². The third-order valence-corrected chi connectivity index (χ3v) is 4.30. The zero-order valence-electron chi connectivity index (χ0n) is 14.7. The van der Waals surface area contributed by atoms with Gasteiger partial charge in [0.1, 0.15) is 11.4 Å². The molecule has 0 bridgehead atoms. The fourth-order valence-electron chi connectivity index (χ4n) is 2.74. The van der Waals surface area contributed by atoms with E-state index in [9.17, 15) is 4.79 Å². The zero-order valence-corrected chi connectivity index (χ0v) is 15.4. The normalized spacial score (nSPS) is 10.6. The van der Waals surface area contributed by atoms with Crippen LogP contribution in [0, 0.1) is 0 Å². The first-order valence-electron chi connectivity index (χ1n) is 7.91. The smallest absolute Gasteiger partial charge is 0.268 e. The van der Waals surface area contributed by atoms with Crippen LogP contribution in [0.25, 0.3) is 10.9 Å². The Morgan fingerprint density at radius 2 is 1.73 bits per heavy atom. The number of H-pyrrole nitrogens is 1. The molecule has 2 aromatic carbocycles. The van der Waals surface area contributed by atoms with E-state index in [4.69, 9.17) is 25.8 Å². The van der Waals surface area contributed by atoms with E-state index in [-0.39, 0.29) is 5.91 Å². The minimum absolute atomic E-state index is 0.237. The second-order valence-corrected chi connectivity index (χ2v) is 6.03. The van der Waals surface area contributed by atoms with E-state index in [0.717, 1.165) is 10.9 Å². The van der Waals surface area contributed by atoms with Crippen molar-refractivity contribution in [3.05, 3.63) is 52.7 Å². The van der Waals surface area contributed by atoms with Gasteiger partial charge in [0.2, 0.25) is 0 Å². The molecule has 0 spiro atoms. The van der Waals surface area contributed by atoms with Crippen LogP contribution in [-0.4, -0.2) is 32.2 Å². The molecule has 0 radical (unpaired) electrons. The molecule has 0 atom stereocenters. The van der Waals surface area contributed by atoms with Crippen LogP contribution in [0.2, 0.25) is 5.02 Å². The molecule has 6 nitrogen and oxygen atoms in total. The van der Waals surface area contributed by atoms with Crippen LogP contribution >= 0.6 is 11.6 Å². The molecule has 26 heavy (non-hydrogen) atoms. The van der Waals surface area contributed by atoms with Crippen LogP contribution in [0.1, 0.15) is 16.1 Å². The summed E-state index contributed by atoms with van der Waals surface area (Å²) in [5.41, 5.74) is 2.00. The lowest BCUT2D eigenvalue weighted by molar-refractivity contribution is 0.0946. The van der Waals surface area contributed by atoms with Crippen LogP contribution in [0.4, 0.5) is 0 Å². The van der Waals surface area contributed by atoms with Gasteiger partial charge in [0.15, 0.2) is 11.5 Å². The highest BCUT2D eigenvalue weighted by molar-refractivity contribution is 6.30. The molecule has 1 aromatic heterocycles. The summed E-state index contributed by atoms with van der Waals surface area (Å²) in [5, 5.41) is 4.27. The first kappa shape index (κ1) is 17.9. The minimum Gasteiger partial charge on any atom is -0.496 e. The lowest BCUT2D eigenvalue weighted by Crippen LogP contribution is -2.23. The quantitative estimate of drug-likeness (QED) is 0.688. The maximum absolute atomic E-state index is 12.5. The molecule has 0 saturated heterocycles. The Morgan fingerprint density at radius 3 is 2.35 bits per heavy atom. The van der Waals surface area contributed by atoms with Crippen molar-refractivity contribution in [2.75, 3.05) is 21.3 Å². The predicted octanol–water partition coefficient (Wildman–Crippen LogP) is 3.78. The van der Waals surface area contributed by atoms with E-state index in [2.05, 4.69) is 10.3 Å². The number of hydrogen-bond acceptors (Lipinski definition) is 4. The highest BCUT2D eigenvalue weighted by atomic mass is 35.5. The fourth-order valence-corrected chi connectivity index (χ4v) is 2.86. The predicted molar refractivity (Wildman–Crippen MR) is 101 cm³/mol. The van der Waals surface area contributed by atoms with E-state index in [0.29, 0.717) is 40.0 Å². The number of nitrogens with one attached hydrogen (secondary N) is 2. The number of aromatic nitrogens is 1. The average molecular weight is 375 g/mol. The van der Waals surface area contributed by atoms with Crippen molar-refractivity contribution >= 4 is 28.4 Å². The number of fused-ring (bicyclic) bond motifs is 1. The molecule has 0 unspecified atom stereocenters. The van der Waals surface area contributed by atoms with Gasteiger partial charge in [-0.25, -0.2) is 0 Å². The molecule has 0 aliphatic carbocycles. The molecule has 0 aliphatic rings. The number of hydrogen-bond donors (Lipinski definition) is 2. The third-order valence-electron chi connectivity index (χ3n) is 4.05. The van der Waals surface area contributed by atoms with Crippen molar-refractivity contribution in [1.29, 1.82) is 0 Å². The molecular weight excluding hydrogens is 356 g/mol. The topological polar surface area (TPSA) is 72.6 Å². The Bertz CT molecular complexity index is 935. The van der Waals surface area contributed by atoms with Gasteiger partial charge in [0.05, 0.1) is 26.8 Å². The first-order chi connectivity index (χ1) is 12.6. The van der Waals surface area contributed by atoms with Gasteiger partial charge in [-0.2, -0.15) is 0 Å². The largest absolute Gasteiger partial charge is 0.496 e. The first-order valence-corrected chi connectivity index (χ1v) is 8.29. The Balaban J connectivity index is 1.90. The minimum atomic E-state index is -0.237. The van der Waals surface area contributed by atoms with Gasteiger partial charge in [-0.05, 0) is 23.8 Å². The molecule has 0 fully saturated rings. The molecule has 0 aliphatic heterocycles. The van der Waals surface area contributed by atoms with E-state index in [1.54, 1.807) is 45.6 Å². The van der Waals surface area contributed by atoms with Crippen LogP contribution in [0.15, 0.2) is 36.4 Å². The molecule has 1 heterocycles. The second kappa shape index (κ2) is 7.58. The highest BCUT2D eigenvalue weighted by Crippen LogP contribution is 2.41. The van der Waals surface area contributed by atoms with Crippen molar-refractivity contribution < 1.29 is 19.0 Å². The Morgan fingerprint density at radius 1 is 1.04 bits per heavy atom. The Kier molecular flexibility index (Phi) is 5.23. The maximum Gasteiger partial charge on any atom is 0.268 e. The van der Waals surface area contributed by atoms with Gasteiger partial charge in [-0.3, -0.25) is 4.79 Å². The molecule has 0 saturated carbocycles. The summed E-state index contributed by atoms with van der Waals surface area (Å²) in [6, 6.07) is 10.8. The number of halogens is 1. The number of ether oxygens (including phenoxy) is 3. The molecule has 136 valence electrons. The molecular formula is C19H19ClN2O4. The summed E-state index contributed by atoms with van der Waals surface area (Å²) in [6.45, 7) is 0.392. The molecule has 3 rings (SSSR count). The number of carbonyl (C=O) groups is 1. The van der Waals surface area contributed by atoms with E-state index >= 15 is 0 Å². The lowest BCUT2D eigenvalue weighted by Gasteiger charge is -2.11. The van der Waals surface area contributed by atoms with Crippen molar-refractivity contribution in [1.82, 2.24) is 10.3 Å². The van der Waals surface area contributed by atoms with Gasteiger partial charge in [-0.15, -0.1) is 0 Å². The summed E-state index contributed by atoms with van der Waals surface area (Å²) in [6.07, 6.45) is 0. The van der Waals surface area contributed by atoms with Crippen LogP contribution in [0.5, 0.6) is 17.2 Å². The number of methoxy groups -OCH3 is 3. The number of carbonyl (C=O) groups excluding carboxylic acids is 1. The second-order valence-electron chi connectivity index (χ2n) is 5.60. The van der Waals surface area contributed by atoms with Gasteiger partial charge < -0.3 is 24.5 Å². The average Bonchev–Trinajstić information content (AvgIpc) is 3.11. The lowest BCUT2D eigenvalue weighted by atomic mass is 10.2. The van der Waals surface area contributed by atoms with Crippen LogP contribution in [0.3, 0.4) is 0 Å². The summed E-state index contributed by atoms with van der Waals surface area (Å²) >= 11 is 5.87. The number of rotatable bonds is 6. The highest BCUT2D eigenvalue weighted by Gasteiger charge is 2.19. The van der Waals surface area contributed by atoms with E-state index in [1.165, 1.54) is 0 Å². The van der Waals surface area contributed by atoms with Crippen molar-refractivity contribution in [3.8, 4) is 17.2 Å². The SMILES string of the molecule is COc1cc(OC)c2cc(C(=O)NCc3ccc(Cl)cc3)[nH]c2c1OC. The Hall–Kier alpha value is -2.86. The summed E-state index contributed by atoms with van der Waals surface area (Å²) in [7, 11) is 4.66. The van der Waals surface area contributed by atoms with Gasteiger partial charge in [0.25, 0.3) is 5.91 Å². The summed E-state index contributed by atoms with van der Waals surface area (Å²) in [5.74, 6) is 1.39. The monoisotopic (exact) mass is 374 g/mol. The van der Waals surface area contributed by atoms with Crippen molar-refractivity contribution in [2.45, 2.75) is 6.54 Å². The van der Waals surface area contributed by atoms with Gasteiger partial charge in [-0.1, -0.05) is 23.7 Å². The van der Waals surface area contributed by atoms with Crippen molar-refractivity contribution in [2.24, 2.45) is 0 Å². The molecule has 2 N–H and O–H groups in total. The van der Waals surface area contributed by atoms with Crippen LogP contribution in [-0.2, 0) is 6.54 Å². The standard InChI is InChI=1S/C19H19ClN2O4/c1-24-15-9-16(25-2)18(26-3)17-13(15)8-14(22-17)19(23)21-10-11-4-6-12(20)7-5-11/h4-9,22H,10H2,1-3H3,(H,21,23). The summed E-state index contributed by atoms with van der Waals surface area (Å²) < 4.78 is 16.2. The maximum atomic E-state index is 12.5. The third kappa shape index (κ3) is 3.41. The number of amides is 1. The Labute approximate surface area is 156 Å². The van der Waals surface area contributed by atoms with Crippen LogP contribution < -0.4 is 19.5 Å². The number of benzene rings is 2. The van der Waals surface area contributed by atoms with Gasteiger partial charge >= 0.3 is 0 Å². The molecule has 1 amide bonds. The number of aromatic amines is 1. The summed E-state index contributed by atoms with van der Waals surface area (Å²) in [4.78, 5) is 15.6. The zero-order chi connectivity index (χ0) is 18.7. The molecule has 3 aromatic rings. The van der Waals surface area contributed by atoms with E-state index in [1.807, 2.05) is 12.1 Å².